The number of alkyl halides is 2. The van der Waals surface area contributed by atoms with E-state index in [-0.39, 0.29) is 11.5 Å². The topological polar surface area (TPSA) is 50.7 Å². The van der Waals surface area contributed by atoms with E-state index >= 15 is 0 Å². The van der Waals surface area contributed by atoms with Crippen LogP contribution in [0.25, 0.3) is 0 Å². The molecule has 0 heterocycles. The lowest BCUT2D eigenvalue weighted by molar-refractivity contribution is -0.118. The Labute approximate surface area is 140 Å². The van der Waals surface area contributed by atoms with Gasteiger partial charge in [0.1, 0.15) is 11.6 Å². The highest BCUT2D eigenvalue weighted by atomic mass is 32.2. The van der Waals surface area contributed by atoms with Gasteiger partial charge >= 0.3 is 6.61 Å². The fourth-order valence-electron chi connectivity index (χ4n) is 1.70. The molecule has 0 aliphatic heterocycles. The van der Waals surface area contributed by atoms with Crippen LogP contribution in [0.2, 0.25) is 0 Å². The summed E-state index contributed by atoms with van der Waals surface area (Å²) in [6.45, 7) is -2.95. The first-order valence-electron chi connectivity index (χ1n) is 6.79. The summed E-state index contributed by atoms with van der Waals surface area (Å²) in [6.07, 6.45) is 1.20. The predicted octanol–water partition coefficient (Wildman–Crippen LogP) is 3.67. The molecule has 0 radical (unpaired) electrons. The van der Waals surface area contributed by atoms with Gasteiger partial charge in [-0.05, 0) is 24.3 Å². The van der Waals surface area contributed by atoms with Gasteiger partial charge < -0.3 is 4.74 Å². The molecule has 0 spiro atoms. The van der Waals surface area contributed by atoms with Gasteiger partial charge in [-0.3, -0.25) is 4.79 Å². The number of amides is 1. The number of benzene rings is 2. The van der Waals surface area contributed by atoms with Crippen molar-refractivity contribution in [3.8, 4) is 5.75 Å². The summed E-state index contributed by atoms with van der Waals surface area (Å²) in [5.41, 5.74) is 2.54. The zero-order chi connectivity index (χ0) is 17.4. The molecule has 0 aliphatic rings. The van der Waals surface area contributed by atoms with E-state index in [1.165, 1.54) is 24.4 Å². The number of carbonyl (C=O) groups is 1. The Bertz CT molecular complexity index is 726. The summed E-state index contributed by atoms with van der Waals surface area (Å²) in [5.74, 6) is -0.942. The second-order valence-corrected chi connectivity index (χ2v) is 5.45. The fourth-order valence-corrected chi connectivity index (χ4v) is 2.43. The summed E-state index contributed by atoms with van der Waals surface area (Å²) in [4.78, 5) is 12.0. The Balaban J connectivity index is 1.88. The number of hydrogen-bond acceptors (Lipinski definition) is 4. The molecular formula is C16H13F3N2O2S. The zero-order valence-electron chi connectivity index (χ0n) is 12.3. The highest BCUT2D eigenvalue weighted by molar-refractivity contribution is 8.00. The van der Waals surface area contributed by atoms with Crippen molar-refractivity contribution in [3.05, 3.63) is 59.9 Å². The highest BCUT2D eigenvalue weighted by Crippen LogP contribution is 2.21. The SMILES string of the molecule is O=C(CSc1ccccc1F)N/N=C\c1ccccc1OC(F)F. The minimum Gasteiger partial charge on any atom is -0.434 e. The number of thioether (sulfide) groups is 1. The maximum absolute atomic E-state index is 13.4. The number of rotatable bonds is 7. The number of carbonyl (C=O) groups excluding carboxylic acids is 1. The standard InChI is InChI=1S/C16H13F3N2O2S/c17-12-6-2-4-8-14(12)24-10-15(22)21-20-9-11-5-1-3-7-13(11)23-16(18)19/h1-9,16H,10H2,(H,21,22)/b20-9-. The van der Waals surface area contributed by atoms with Gasteiger partial charge in [0.05, 0.1) is 12.0 Å². The number of para-hydroxylation sites is 1. The van der Waals surface area contributed by atoms with Crippen molar-refractivity contribution in [2.75, 3.05) is 5.75 Å². The molecule has 4 nitrogen and oxygen atoms in total. The third-order valence-electron chi connectivity index (χ3n) is 2.72. The Morgan fingerprint density at radius 1 is 1.21 bits per heavy atom. The van der Waals surface area contributed by atoms with E-state index in [2.05, 4.69) is 15.3 Å². The quantitative estimate of drug-likeness (QED) is 0.469. The zero-order valence-corrected chi connectivity index (χ0v) is 13.1. The molecule has 2 aromatic carbocycles. The van der Waals surface area contributed by atoms with E-state index in [1.807, 2.05) is 0 Å². The molecule has 0 aliphatic carbocycles. The molecule has 2 rings (SSSR count). The van der Waals surface area contributed by atoms with Gasteiger partial charge in [-0.25, -0.2) is 9.82 Å². The van der Waals surface area contributed by atoms with Crippen LogP contribution < -0.4 is 10.2 Å². The Morgan fingerprint density at radius 2 is 1.92 bits per heavy atom. The van der Waals surface area contributed by atoms with Crippen molar-refractivity contribution in [1.82, 2.24) is 5.43 Å². The average molecular weight is 354 g/mol. The van der Waals surface area contributed by atoms with Crippen molar-refractivity contribution in [2.45, 2.75) is 11.5 Å². The first-order chi connectivity index (χ1) is 11.6. The van der Waals surface area contributed by atoms with Crippen LogP contribution in [0.1, 0.15) is 5.56 Å². The summed E-state index contributed by atoms with van der Waals surface area (Å²) < 4.78 is 42.3. The van der Waals surface area contributed by atoms with Gasteiger partial charge in [0, 0.05) is 10.5 Å². The Kier molecular flexibility index (Phi) is 6.68. The van der Waals surface area contributed by atoms with Gasteiger partial charge in [0.15, 0.2) is 0 Å². The van der Waals surface area contributed by atoms with Crippen LogP contribution in [-0.4, -0.2) is 24.5 Å². The van der Waals surface area contributed by atoms with Gasteiger partial charge in [0.2, 0.25) is 5.91 Å². The molecule has 0 atom stereocenters. The number of ether oxygens (including phenoxy) is 1. The number of hydrogen-bond donors (Lipinski definition) is 1. The van der Waals surface area contributed by atoms with Gasteiger partial charge in [-0.1, -0.05) is 24.3 Å². The van der Waals surface area contributed by atoms with Gasteiger partial charge in [-0.2, -0.15) is 13.9 Å². The molecule has 24 heavy (non-hydrogen) atoms. The Hall–Kier alpha value is -2.48. The first-order valence-corrected chi connectivity index (χ1v) is 7.78. The number of nitrogens with one attached hydrogen (secondary N) is 1. The van der Waals surface area contributed by atoms with E-state index in [1.54, 1.807) is 30.3 Å². The van der Waals surface area contributed by atoms with E-state index in [4.69, 9.17) is 0 Å². The van der Waals surface area contributed by atoms with Crippen LogP contribution in [0.3, 0.4) is 0 Å². The smallest absolute Gasteiger partial charge is 0.387 e. The molecule has 2 aromatic rings. The number of halogens is 3. The van der Waals surface area contributed by atoms with Crippen LogP contribution in [0, 0.1) is 5.82 Å². The lowest BCUT2D eigenvalue weighted by Crippen LogP contribution is -2.19. The molecule has 8 heteroatoms. The monoisotopic (exact) mass is 354 g/mol. The van der Waals surface area contributed by atoms with Crippen molar-refractivity contribution in [2.24, 2.45) is 5.10 Å². The van der Waals surface area contributed by atoms with Crippen molar-refractivity contribution < 1.29 is 22.7 Å². The third-order valence-corrected chi connectivity index (χ3v) is 3.77. The minimum absolute atomic E-state index is 0.0343. The van der Waals surface area contributed by atoms with E-state index in [0.29, 0.717) is 10.5 Å². The van der Waals surface area contributed by atoms with Crippen molar-refractivity contribution >= 4 is 23.9 Å². The van der Waals surface area contributed by atoms with Crippen molar-refractivity contribution in [1.29, 1.82) is 0 Å². The second kappa shape index (κ2) is 8.97. The van der Waals surface area contributed by atoms with Crippen LogP contribution in [0.4, 0.5) is 13.2 Å². The largest absolute Gasteiger partial charge is 0.434 e. The molecule has 0 aromatic heterocycles. The van der Waals surface area contributed by atoms with E-state index in [0.717, 1.165) is 11.8 Å². The summed E-state index contributed by atoms with van der Waals surface area (Å²) >= 11 is 1.03. The normalized spacial score (nSPS) is 11.0. The molecule has 1 amide bonds. The van der Waals surface area contributed by atoms with Crippen LogP contribution in [0.5, 0.6) is 5.75 Å². The highest BCUT2D eigenvalue weighted by Gasteiger charge is 2.08. The van der Waals surface area contributed by atoms with Crippen LogP contribution in [0.15, 0.2) is 58.5 Å². The van der Waals surface area contributed by atoms with E-state index < -0.39 is 18.3 Å². The summed E-state index contributed by atoms with van der Waals surface area (Å²) in [5, 5.41) is 3.69. The maximum atomic E-state index is 13.4. The fraction of sp³-hybridized carbons (Fsp3) is 0.125. The summed E-state index contributed by atoms with van der Waals surface area (Å²) in [7, 11) is 0. The molecular weight excluding hydrogens is 341 g/mol. The number of hydrazone groups is 1. The molecule has 0 unspecified atom stereocenters. The molecule has 0 bridgehead atoms. The first kappa shape index (κ1) is 17.9. The Morgan fingerprint density at radius 3 is 2.67 bits per heavy atom. The molecule has 1 N–H and O–H groups in total. The lowest BCUT2D eigenvalue weighted by Gasteiger charge is -2.07. The second-order valence-electron chi connectivity index (χ2n) is 4.43. The lowest BCUT2D eigenvalue weighted by atomic mass is 10.2. The van der Waals surface area contributed by atoms with Crippen LogP contribution in [-0.2, 0) is 4.79 Å². The number of nitrogens with zero attached hydrogens (tertiary/aromatic N) is 1. The van der Waals surface area contributed by atoms with Crippen LogP contribution >= 0.6 is 11.8 Å². The third kappa shape index (κ3) is 5.62. The van der Waals surface area contributed by atoms with Gasteiger partial charge in [0.25, 0.3) is 0 Å². The molecule has 0 saturated heterocycles. The molecule has 0 fully saturated rings. The minimum atomic E-state index is -2.95. The average Bonchev–Trinajstić information content (AvgIpc) is 2.55. The van der Waals surface area contributed by atoms with Gasteiger partial charge in [-0.15, -0.1) is 11.8 Å². The molecule has 126 valence electrons. The molecule has 0 saturated carbocycles. The van der Waals surface area contributed by atoms with E-state index in [9.17, 15) is 18.0 Å². The maximum Gasteiger partial charge on any atom is 0.387 e. The predicted molar refractivity (Wildman–Crippen MR) is 85.9 cm³/mol. The van der Waals surface area contributed by atoms with Crippen molar-refractivity contribution in [3.63, 3.8) is 0 Å². The summed E-state index contributed by atoms with van der Waals surface area (Å²) in [6, 6.07) is 12.1.